The Bertz CT molecular complexity index is 404. The predicted molar refractivity (Wildman–Crippen MR) is 71.2 cm³/mol. The zero-order chi connectivity index (χ0) is 12.7. The number of benzene rings is 1. The maximum atomic E-state index is 11.8. The van der Waals surface area contributed by atoms with Crippen molar-refractivity contribution in [2.45, 2.75) is 26.0 Å². The van der Waals surface area contributed by atoms with Gasteiger partial charge in [-0.1, -0.05) is 31.2 Å². The van der Waals surface area contributed by atoms with Crippen molar-refractivity contribution >= 4 is 16.7 Å². The summed E-state index contributed by atoms with van der Waals surface area (Å²) in [5, 5.41) is 2.73. The van der Waals surface area contributed by atoms with Crippen LogP contribution in [0.5, 0.6) is 0 Å². The summed E-state index contributed by atoms with van der Waals surface area (Å²) < 4.78 is 11.8. The van der Waals surface area contributed by atoms with Gasteiger partial charge in [0.05, 0.1) is 0 Å². The summed E-state index contributed by atoms with van der Waals surface area (Å²) in [6.07, 6.45) is 0.899. The molecule has 1 N–H and O–H groups in total. The minimum Gasteiger partial charge on any atom is -0.355 e. The van der Waals surface area contributed by atoms with E-state index < -0.39 is 10.8 Å². The Hall–Kier alpha value is -1.16. The fourth-order valence-corrected chi connectivity index (χ4v) is 2.63. The molecule has 0 aliphatic heterocycles. The number of aryl methyl sites for hydroxylation is 1. The van der Waals surface area contributed by atoms with E-state index in [4.69, 9.17) is 0 Å². The van der Waals surface area contributed by atoms with Crippen molar-refractivity contribution in [3.63, 3.8) is 0 Å². The summed E-state index contributed by atoms with van der Waals surface area (Å²) in [4.78, 5) is 11.4. The van der Waals surface area contributed by atoms with Crippen LogP contribution in [0, 0.1) is 6.92 Å². The number of rotatable bonds is 6. The van der Waals surface area contributed by atoms with Crippen LogP contribution in [0.1, 0.15) is 24.5 Å². The Morgan fingerprint density at radius 1 is 1.35 bits per heavy atom. The van der Waals surface area contributed by atoms with Crippen LogP contribution in [-0.4, -0.2) is 22.4 Å². The molecule has 1 atom stereocenters. The highest BCUT2D eigenvalue weighted by molar-refractivity contribution is 7.84. The second-order valence-electron chi connectivity index (χ2n) is 4.00. The molecule has 0 unspecified atom stereocenters. The van der Waals surface area contributed by atoms with E-state index >= 15 is 0 Å². The number of hydrogen-bond acceptors (Lipinski definition) is 2. The van der Waals surface area contributed by atoms with Gasteiger partial charge in [-0.05, 0) is 24.5 Å². The van der Waals surface area contributed by atoms with Crippen molar-refractivity contribution in [1.82, 2.24) is 5.32 Å². The van der Waals surface area contributed by atoms with Gasteiger partial charge in [-0.2, -0.15) is 0 Å². The maximum Gasteiger partial charge on any atom is 0.232 e. The van der Waals surface area contributed by atoms with E-state index in [0.717, 1.165) is 17.5 Å². The van der Waals surface area contributed by atoms with Crippen molar-refractivity contribution < 1.29 is 9.00 Å². The molecule has 0 saturated heterocycles. The molecule has 0 aliphatic carbocycles. The van der Waals surface area contributed by atoms with Crippen molar-refractivity contribution in [3.8, 4) is 0 Å². The highest BCUT2D eigenvalue weighted by atomic mass is 32.2. The normalized spacial score (nSPS) is 12.1. The number of amides is 1. The fraction of sp³-hybridized carbons (Fsp3) is 0.462. The van der Waals surface area contributed by atoms with Crippen LogP contribution in [-0.2, 0) is 21.3 Å². The Kier molecular flexibility index (Phi) is 5.91. The summed E-state index contributed by atoms with van der Waals surface area (Å²) in [6, 6.07) is 7.83. The molecule has 0 fully saturated rings. The molecule has 0 spiro atoms. The lowest BCUT2D eigenvalue weighted by Gasteiger charge is -2.06. The quantitative estimate of drug-likeness (QED) is 0.840. The van der Waals surface area contributed by atoms with Gasteiger partial charge in [-0.3, -0.25) is 9.00 Å². The smallest absolute Gasteiger partial charge is 0.232 e. The topological polar surface area (TPSA) is 46.2 Å². The Labute approximate surface area is 105 Å². The van der Waals surface area contributed by atoms with Gasteiger partial charge in [0.1, 0.15) is 5.75 Å². The molecule has 0 radical (unpaired) electrons. The standard InChI is InChI=1S/C13H19NO2S/c1-3-8-14-13(15)10-17(16)9-12-7-5-4-6-11(12)2/h4-7H,3,8-10H2,1-2H3,(H,14,15)/t17-/m1/s1. The molecule has 1 amide bonds. The number of carbonyl (C=O) groups excluding carboxylic acids is 1. The van der Waals surface area contributed by atoms with Gasteiger partial charge in [-0.15, -0.1) is 0 Å². The highest BCUT2D eigenvalue weighted by Gasteiger charge is 2.09. The molecule has 0 aliphatic rings. The lowest BCUT2D eigenvalue weighted by molar-refractivity contribution is -0.118. The lowest BCUT2D eigenvalue weighted by Crippen LogP contribution is -2.29. The van der Waals surface area contributed by atoms with E-state index in [1.807, 2.05) is 38.1 Å². The average Bonchev–Trinajstić information content (AvgIpc) is 2.29. The van der Waals surface area contributed by atoms with E-state index in [1.54, 1.807) is 0 Å². The van der Waals surface area contributed by atoms with Crippen molar-refractivity contribution in [2.75, 3.05) is 12.3 Å². The molecule has 0 heterocycles. The van der Waals surface area contributed by atoms with Crippen LogP contribution in [0.25, 0.3) is 0 Å². The molecule has 0 bridgehead atoms. The summed E-state index contributed by atoms with van der Waals surface area (Å²) >= 11 is 0. The van der Waals surface area contributed by atoms with Gasteiger partial charge in [0, 0.05) is 23.1 Å². The van der Waals surface area contributed by atoms with Gasteiger partial charge in [-0.25, -0.2) is 0 Å². The van der Waals surface area contributed by atoms with E-state index in [1.165, 1.54) is 0 Å². The molecule has 17 heavy (non-hydrogen) atoms. The molecule has 1 aromatic rings. The third kappa shape index (κ3) is 5.13. The summed E-state index contributed by atoms with van der Waals surface area (Å²) in [5.41, 5.74) is 2.17. The first kappa shape index (κ1) is 13.9. The molecule has 3 nitrogen and oxygen atoms in total. The van der Waals surface area contributed by atoms with Crippen molar-refractivity contribution in [2.24, 2.45) is 0 Å². The van der Waals surface area contributed by atoms with Crippen LogP contribution >= 0.6 is 0 Å². The Balaban J connectivity index is 2.45. The van der Waals surface area contributed by atoms with Crippen LogP contribution in [0.3, 0.4) is 0 Å². The minimum absolute atomic E-state index is 0.0916. The SMILES string of the molecule is CCCNC(=O)C[S@](=O)Cc1ccccc1C. The fourth-order valence-electron chi connectivity index (χ4n) is 1.46. The first-order chi connectivity index (χ1) is 8.13. The van der Waals surface area contributed by atoms with Gasteiger partial charge in [0.25, 0.3) is 0 Å². The monoisotopic (exact) mass is 253 g/mol. The summed E-state index contributed by atoms with van der Waals surface area (Å²) in [7, 11) is -1.13. The summed E-state index contributed by atoms with van der Waals surface area (Å²) in [5.74, 6) is 0.416. The molecule has 1 aromatic carbocycles. The predicted octanol–water partition coefficient (Wildman–Crippen LogP) is 1.77. The molecule has 0 saturated carbocycles. The highest BCUT2D eigenvalue weighted by Crippen LogP contribution is 2.09. The van der Waals surface area contributed by atoms with Crippen molar-refractivity contribution in [1.29, 1.82) is 0 Å². The molecule has 4 heteroatoms. The molecule has 0 aromatic heterocycles. The van der Waals surface area contributed by atoms with Gasteiger partial charge in [0.2, 0.25) is 5.91 Å². The third-order valence-corrected chi connectivity index (χ3v) is 3.66. The third-order valence-electron chi connectivity index (χ3n) is 2.44. The Morgan fingerprint density at radius 2 is 2.06 bits per heavy atom. The Morgan fingerprint density at radius 3 is 2.71 bits per heavy atom. The van der Waals surface area contributed by atoms with Crippen LogP contribution < -0.4 is 5.32 Å². The first-order valence-corrected chi connectivity index (χ1v) is 7.28. The number of hydrogen-bond donors (Lipinski definition) is 1. The zero-order valence-corrected chi connectivity index (χ0v) is 11.2. The van der Waals surface area contributed by atoms with Gasteiger partial charge in [0.15, 0.2) is 0 Å². The van der Waals surface area contributed by atoms with E-state index in [0.29, 0.717) is 12.3 Å². The maximum absolute atomic E-state index is 11.8. The molecule has 1 rings (SSSR count). The van der Waals surface area contributed by atoms with Gasteiger partial charge < -0.3 is 5.32 Å². The first-order valence-electron chi connectivity index (χ1n) is 5.79. The number of nitrogens with one attached hydrogen (secondary N) is 1. The summed E-state index contributed by atoms with van der Waals surface area (Å²) in [6.45, 7) is 4.63. The minimum atomic E-state index is -1.13. The van der Waals surface area contributed by atoms with E-state index in [9.17, 15) is 9.00 Å². The molecule has 94 valence electrons. The van der Waals surface area contributed by atoms with Gasteiger partial charge >= 0.3 is 0 Å². The van der Waals surface area contributed by atoms with Crippen molar-refractivity contribution in [3.05, 3.63) is 35.4 Å². The lowest BCUT2D eigenvalue weighted by atomic mass is 10.1. The molecular formula is C13H19NO2S. The number of carbonyl (C=O) groups is 1. The van der Waals surface area contributed by atoms with E-state index in [-0.39, 0.29) is 11.7 Å². The van der Waals surface area contributed by atoms with Crippen LogP contribution in [0.15, 0.2) is 24.3 Å². The average molecular weight is 253 g/mol. The second-order valence-corrected chi connectivity index (χ2v) is 5.46. The van der Waals surface area contributed by atoms with Crippen LogP contribution in [0.2, 0.25) is 0 Å². The zero-order valence-electron chi connectivity index (χ0n) is 10.4. The second kappa shape index (κ2) is 7.22. The van der Waals surface area contributed by atoms with E-state index in [2.05, 4.69) is 5.32 Å². The largest absolute Gasteiger partial charge is 0.355 e. The van der Waals surface area contributed by atoms with Crippen LogP contribution in [0.4, 0.5) is 0 Å². The molecular weight excluding hydrogens is 234 g/mol.